The van der Waals surface area contributed by atoms with E-state index in [1.165, 1.54) is 15.7 Å². The summed E-state index contributed by atoms with van der Waals surface area (Å²) in [6.45, 7) is 0. The molecule has 2 atom stereocenters. The molecule has 2 aromatic heterocycles. The number of thiazole rings is 1. The fourth-order valence-corrected chi connectivity index (χ4v) is 6.21. The summed E-state index contributed by atoms with van der Waals surface area (Å²) in [4.78, 5) is 4.80. The van der Waals surface area contributed by atoms with Gasteiger partial charge in [-0.05, 0) is 33.5 Å². The van der Waals surface area contributed by atoms with Gasteiger partial charge in [-0.2, -0.15) is 0 Å². The van der Waals surface area contributed by atoms with E-state index >= 15 is 0 Å². The zero-order valence-corrected chi connectivity index (χ0v) is 14.9. The zero-order valence-electron chi connectivity index (χ0n) is 11.7. The maximum Gasteiger partial charge on any atom is 0.259 e. The van der Waals surface area contributed by atoms with E-state index in [9.17, 15) is 13.5 Å². The molecule has 4 rings (SSSR count). The summed E-state index contributed by atoms with van der Waals surface area (Å²) in [6, 6.07) is 6.87. The summed E-state index contributed by atoms with van der Waals surface area (Å²) in [5.41, 5.74) is 1.58. The molecule has 0 spiro atoms. The Bertz CT molecular complexity index is 996. The van der Waals surface area contributed by atoms with Crippen LogP contribution in [-0.4, -0.2) is 22.9 Å². The van der Waals surface area contributed by atoms with Crippen LogP contribution in [0, 0.1) is 0 Å². The van der Waals surface area contributed by atoms with Gasteiger partial charge in [0.1, 0.15) is 4.60 Å². The van der Waals surface area contributed by atoms with Crippen LogP contribution in [0.1, 0.15) is 29.7 Å². The van der Waals surface area contributed by atoms with Crippen LogP contribution in [0.25, 0.3) is 4.96 Å². The van der Waals surface area contributed by atoms with Gasteiger partial charge < -0.3 is 5.11 Å². The third-order valence-corrected chi connectivity index (χ3v) is 6.99. The van der Waals surface area contributed by atoms with Crippen LogP contribution in [0.2, 0.25) is 0 Å². The standard InChI is InChI=1S/C14H12BrN3O3S2/c15-12-13(18-5-6-22-14(18)16-12)23(20,21)17-10-7-11(19)9-4-2-1-3-8(9)10/h1-6,10-11,17,19H,7H2. The number of hydrogen-bond donors (Lipinski definition) is 2. The van der Waals surface area contributed by atoms with Gasteiger partial charge in [-0.15, -0.1) is 11.3 Å². The average molecular weight is 414 g/mol. The first kappa shape index (κ1) is 15.3. The van der Waals surface area contributed by atoms with Gasteiger partial charge in [-0.1, -0.05) is 24.3 Å². The average Bonchev–Trinajstić information content (AvgIpc) is 3.13. The minimum atomic E-state index is -3.79. The molecule has 2 unspecified atom stereocenters. The molecule has 0 fully saturated rings. The minimum absolute atomic E-state index is 0.0765. The summed E-state index contributed by atoms with van der Waals surface area (Å²) in [5.74, 6) is 0. The Balaban J connectivity index is 1.74. The third-order valence-electron chi connectivity index (χ3n) is 3.92. The molecule has 1 aliphatic rings. The molecule has 6 nitrogen and oxygen atoms in total. The van der Waals surface area contributed by atoms with Crippen molar-refractivity contribution >= 4 is 42.3 Å². The summed E-state index contributed by atoms with van der Waals surface area (Å²) in [7, 11) is -3.79. The van der Waals surface area contributed by atoms with Crippen molar-refractivity contribution in [2.45, 2.75) is 23.6 Å². The first-order valence-corrected chi connectivity index (χ1v) is 10.0. The maximum absolute atomic E-state index is 12.8. The Kier molecular flexibility index (Phi) is 3.58. The quantitative estimate of drug-likeness (QED) is 0.690. The van der Waals surface area contributed by atoms with Crippen molar-refractivity contribution in [3.05, 3.63) is 51.6 Å². The van der Waals surface area contributed by atoms with Crippen LogP contribution in [0.15, 0.2) is 45.5 Å². The second-order valence-electron chi connectivity index (χ2n) is 5.32. The SMILES string of the molecule is O=S(=O)(NC1CC(O)c2ccccc21)c1c(Br)nc2sccn12. The van der Waals surface area contributed by atoms with Gasteiger partial charge in [0.15, 0.2) is 9.99 Å². The normalized spacial score (nSPS) is 21.0. The number of imidazole rings is 1. The van der Waals surface area contributed by atoms with E-state index in [-0.39, 0.29) is 9.63 Å². The second-order valence-corrected chi connectivity index (χ2v) is 8.57. The van der Waals surface area contributed by atoms with Crippen LogP contribution in [0.4, 0.5) is 0 Å². The van der Waals surface area contributed by atoms with Gasteiger partial charge in [0.25, 0.3) is 10.0 Å². The Hall–Kier alpha value is -1.26. The van der Waals surface area contributed by atoms with Gasteiger partial charge in [0, 0.05) is 11.6 Å². The lowest BCUT2D eigenvalue weighted by molar-refractivity contribution is 0.172. The fourth-order valence-electron chi connectivity index (χ4n) is 2.94. The number of benzene rings is 1. The van der Waals surface area contributed by atoms with Crippen LogP contribution in [0.5, 0.6) is 0 Å². The van der Waals surface area contributed by atoms with Crippen molar-refractivity contribution in [1.29, 1.82) is 0 Å². The molecule has 2 heterocycles. The minimum Gasteiger partial charge on any atom is -0.388 e. The van der Waals surface area contributed by atoms with Gasteiger partial charge in [-0.3, -0.25) is 4.40 Å². The number of nitrogens with one attached hydrogen (secondary N) is 1. The summed E-state index contributed by atoms with van der Waals surface area (Å²) >= 11 is 4.58. The van der Waals surface area contributed by atoms with E-state index in [4.69, 9.17) is 0 Å². The van der Waals surface area contributed by atoms with E-state index in [1.54, 1.807) is 11.6 Å². The van der Waals surface area contributed by atoms with Crippen molar-refractivity contribution in [3.8, 4) is 0 Å². The number of sulfonamides is 1. The van der Waals surface area contributed by atoms with Gasteiger partial charge in [0.2, 0.25) is 0 Å². The molecule has 3 aromatic rings. The molecule has 0 amide bonds. The smallest absolute Gasteiger partial charge is 0.259 e. The van der Waals surface area contributed by atoms with E-state index in [1.807, 2.05) is 24.3 Å². The topological polar surface area (TPSA) is 83.7 Å². The highest BCUT2D eigenvalue weighted by Crippen LogP contribution is 2.39. The number of hydrogen-bond acceptors (Lipinski definition) is 5. The van der Waals surface area contributed by atoms with Gasteiger partial charge >= 0.3 is 0 Å². The lowest BCUT2D eigenvalue weighted by atomic mass is 10.1. The molecule has 23 heavy (non-hydrogen) atoms. The number of aliphatic hydroxyl groups excluding tert-OH is 1. The van der Waals surface area contributed by atoms with Gasteiger partial charge in [-0.25, -0.2) is 18.1 Å². The number of aliphatic hydroxyl groups is 1. The molecule has 120 valence electrons. The van der Waals surface area contributed by atoms with E-state index in [2.05, 4.69) is 25.6 Å². The highest BCUT2D eigenvalue weighted by Gasteiger charge is 2.34. The Morgan fingerprint density at radius 1 is 1.35 bits per heavy atom. The molecule has 1 aliphatic carbocycles. The fraction of sp³-hybridized carbons (Fsp3) is 0.214. The molecule has 1 aromatic carbocycles. The Labute approximate surface area is 145 Å². The highest BCUT2D eigenvalue weighted by molar-refractivity contribution is 9.10. The summed E-state index contributed by atoms with van der Waals surface area (Å²) in [5, 5.41) is 12.0. The first-order chi connectivity index (χ1) is 11.0. The van der Waals surface area contributed by atoms with Crippen LogP contribution < -0.4 is 4.72 Å². The highest BCUT2D eigenvalue weighted by atomic mass is 79.9. The second kappa shape index (κ2) is 5.38. The first-order valence-electron chi connectivity index (χ1n) is 6.87. The number of aromatic nitrogens is 2. The van der Waals surface area contributed by atoms with E-state index in [0.717, 1.165) is 11.1 Å². The maximum atomic E-state index is 12.8. The zero-order chi connectivity index (χ0) is 16.2. The summed E-state index contributed by atoms with van der Waals surface area (Å²) in [6.07, 6.45) is 1.33. The van der Waals surface area contributed by atoms with Crippen molar-refractivity contribution in [1.82, 2.24) is 14.1 Å². The van der Waals surface area contributed by atoms with E-state index in [0.29, 0.717) is 11.4 Å². The molecule has 9 heteroatoms. The van der Waals surface area contributed by atoms with Crippen LogP contribution >= 0.6 is 27.3 Å². The third kappa shape index (κ3) is 2.43. The molecular weight excluding hydrogens is 402 g/mol. The molecule has 0 aliphatic heterocycles. The predicted octanol–water partition coefficient (Wildman–Crippen LogP) is 2.62. The van der Waals surface area contributed by atoms with Crippen molar-refractivity contribution < 1.29 is 13.5 Å². The molecule has 0 bridgehead atoms. The Morgan fingerprint density at radius 3 is 2.87 bits per heavy atom. The van der Waals surface area contributed by atoms with E-state index < -0.39 is 22.2 Å². The monoisotopic (exact) mass is 413 g/mol. The van der Waals surface area contributed by atoms with Crippen molar-refractivity contribution in [3.63, 3.8) is 0 Å². The van der Waals surface area contributed by atoms with Gasteiger partial charge in [0.05, 0.1) is 12.1 Å². The van der Waals surface area contributed by atoms with Crippen molar-refractivity contribution in [2.75, 3.05) is 0 Å². The molecule has 0 saturated carbocycles. The molecule has 0 radical (unpaired) electrons. The van der Waals surface area contributed by atoms with Crippen LogP contribution in [0.3, 0.4) is 0 Å². The lowest BCUT2D eigenvalue weighted by Gasteiger charge is -2.14. The Morgan fingerprint density at radius 2 is 2.09 bits per heavy atom. The largest absolute Gasteiger partial charge is 0.388 e. The predicted molar refractivity (Wildman–Crippen MR) is 89.9 cm³/mol. The lowest BCUT2D eigenvalue weighted by Crippen LogP contribution is -2.28. The number of rotatable bonds is 3. The number of nitrogens with zero attached hydrogens (tertiary/aromatic N) is 2. The van der Waals surface area contributed by atoms with Crippen molar-refractivity contribution in [2.24, 2.45) is 0 Å². The summed E-state index contributed by atoms with van der Waals surface area (Å²) < 4.78 is 30.1. The van der Waals surface area contributed by atoms with Crippen LogP contribution in [-0.2, 0) is 10.0 Å². The molecular formula is C14H12BrN3O3S2. The molecule has 0 saturated heterocycles. The number of fused-ring (bicyclic) bond motifs is 2. The number of halogens is 1. The molecule has 2 N–H and O–H groups in total.